The molecular weight excluding hydrogens is 711 g/mol. The molecule has 5 aromatic rings. The van der Waals surface area contributed by atoms with Crippen LogP contribution in [0.2, 0.25) is 0 Å². The van der Waals surface area contributed by atoms with E-state index >= 15 is 0 Å². The highest BCUT2D eigenvalue weighted by Gasteiger charge is 2.54. The smallest absolute Gasteiger partial charge is 0.352 e. The lowest BCUT2D eigenvalue weighted by atomic mass is 9.84. The molecule has 1 amide bonds. The SMILES string of the molecule is O=C(NOCCCCCCSC(c1ccccc1)(c1ccccc1)c1ccccc1)c1cc(C(=O)O)c2c(n1)C(=O)C1(OCCO1)c1cc(C(=O)O)[nH]c1-2. The molecule has 276 valence electrons. The number of hydroxylamine groups is 1. The first-order valence-electron chi connectivity index (χ1n) is 17.6. The predicted molar refractivity (Wildman–Crippen MR) is 199 cm³/mol. The van der Waals surface area contributed by atoms with Gasteiger partial charge in [0.15, 0.2) is 0 Å². The molecule has 0 unspecified atom stereocenters. The number of carbonyl (C=O) groups is 4. The van der Waals surface area contributed by atoms with Crippen molar-refractivity contribution in [3.05, 3.63) is 148 Å². The molecule has 1 aliphatic carbocycles. The third kappa shape index (κ3) is 6.82. The Balaban J connectivity index is 0.971. The molecule has 1 spiro atoms. The number of ketones is 1. The van der Waals surface area contributed by atoms with Crippen LogP contribution in [0.4, 0.5) is 0 Å². The molecule has 1 fully saturated rings. The molecule has 0 atom stereocenters. The summed E-state index contributed by atoms with van der Waals surface area (Å²) >= 11 is 1.91. The zero-order valence-electron chi connectivity index (χ0n) is 29.1. The van der Waals surface area contributed by atoms with Gasteiger partial charge in [-0.05, 0) is 47.4 Å². The molecule has 3 heterocycles. The van der Waals surface area contributed by atoms with Crippen molar-refractivity contribution >= 4 is 35.4 Å². The average molecular weight is 748 g/mol. The predicted octanol–water partition coefficient (Wildman–Crippen LogP) is 6.82. The molecule has 0 bridgehead atoms. The number of hydrogen-bond donors (Lipinski definition) is 4. The number of unbranched alkanes of at least 4 members (excludes halogenated alkanes) is 3. The van der Waals surface area contributed by atoms with E-state index in [9.17, 15) is 29.4 Å². The van der Waals surface area contributed by atoms with E-state index in [1.54, 1.807) is 0 Å². The number of aromatic amines is 1. The van der Waals surface area contributed by atoms with Crippen molar-refractivity contribution in [3.63, 3.8) is 0 Å². The van der Waals surface area contributed by atoms with Gasteiger partial charge < -0.3 is 24.7 Å². The van der Waals surface area contributed by atoms with Crippen LogP contribution in [-0.4, -0.2) is 69.4 Å². The van der Waals surface area contributed by atoms with E-state index < -0.39 is 40.7 Å². The first kappa shape index (κ1) is 36.7. The third-order valence-corrected chi connectivity index (χ3v) is 11.1. The van der Waals surface area contributed by atoms with Crippen molar-refractivity contribution in [2.24, 2.45) is 0 Å². The van der Waals surface area contributed by atoms with E-state index in [2.05, 4.69) is 88.2 Å². The lowest BCUT2D eigenvalue weighted by molar-refractivity contribution is -0.126. The van der Waals surface area contributed by atoms with E-state index in [1.165, 1.54) is 22.8 Å². The van der Waals surface area contributed by atoms with Gasteiger partial charge in [0.1, 0.15) is 17.1 Å². The summed E-state index contributed by atoms with van der Waals surface area (Å²) in [5.41, 5.74) is 4.30. The molecule has 4 N–H and O–H groups in total. The molecule has 1 aliphatic heterocycles. The Labute approximate surface area is 314 Å². The van der Waals surface area contributed by atoms with Crippen LogP contribution in [0.25, 0.3) is 11.3 Å². The van der Waals surface area contributed by atoms with Gasteiger partial charge >= 0.3 is 11.9 Å². The Morgan fingerprint density at radius 1 is 0.815 bits per heavy atom. The van der Waals surface area contributed by atoms with Crippen LogP contribution >= 0.6 is 11.8 Å². The maximum Gasteiger partial charge on any atom is 0.352 e. The highest BCUT2D eigenvalue weighted by molar-refractivity contribution is 8.00. The quantitative estimate of drug-likeness (QED) is 0.0502. The number of thioether (sulfide) groups is 1. The van der Waals surface area contributed by atoms with Crippen LogP contribution in [0, 0.1) is 0 Å². The van der Waals surface area contributed by atoms with Gasteiger partial charge in [-0.25, -0.2) is 20.1 Å². The zero-order valence-corrected chi connectivity index (χ0v) is 29.9. The summed E-state index contributed by atoms with van der Waals surface area (Å²) in [5.74, 6) is -5.60. The van der Waals surface area contributed by atoms with Crippen molar-refractivity contribution in [1.29, 1.82) is 0 Å². The molecular formula is C41H37N3O9S. The van der Waals surface area contributed by atoms with Crippen LogP contribution < -0.4 is 5.48 Å². The number of H-pyrrole nitrogens is 1. The van der Waals surface area contributed by atoms with Crippen LogP contribution in [0.15, 0.2) is 103 Å². The van der Waals surface area contributed by atoms with Crippen molar-refractivity contribution < 1.29 is 43.7 Å². The second kappa shape index (κ2) is 15.8. The highest BCUT2D eigenvalue weighted by Crippen LogP contribution is 2.49. The fourth-order valence-electron chi connectivity index (χ4n) is 7.04. The second-order valence-corrected chi connectivity index (χ2v) is 14.1. The average Bonchev–Trinajstić information content (AvgIpc) is 3.88. The zero-order chi connectivity index (χ0) is 37.7. The molecule has 12 nitrogen and oxygen atoms in total. The number of carboxylic acid groups (broad SMARTS) is 2. The summed E-state index contributed by atoms with van der Waals surface area (Å²) in [6.45, 7) is 0.260. The topological polar surface area (TPSA) is 177 Å². The minimum absolute atomic E-state index is 0.00120. The lowest BCUT2D eigenvalue weighted by Gasteiger charge is -2.35. The van der Waals surface area contributed by atoms with E-state index in [0.717, 1.165) is 31.1 Å². The summed E-state index contributed by atoms with van der Waals surface area (Å²) in [5, 5.41) is 19.7. The van der Waals surface area contributed by atoms with Crippen LogP contribution in [0.5, 0.6) is 0 Å². The Morgan fingerprint density at radius 3 is 1.94 bits per heavy atom. The molecule has 54 heavy (non-hydrogen) atoms. The monoisotopic (exact) mass is 747 g/mol. The number of nitrogens with one attached hydrogen (secondary N) is 2. The number of hydrogen-bond acceptors (Lipinski definition) is 9. The number of nitrogens with zero attached hydrogens (tertiary/aromatic N) is 1. The number of aromatic carboxylic acids is 2. The molecule has 7 rings (SSSR count). The van der Waals surface area contributed by atoms with Crippen molar-refractivity contribution in [2.75, 3.05) is 25.6 Å². The Hall–Kier alpha value is -5.60. The summed E-state index contributed by atoms with van der Waals surface area (Å²) in [4.78, 5) is 63.4. The fourth-order valence-corrected chi connectivity index (χ4v) is 8.61. The van der Waals surface area contributed by atoms with E-state index in [4.69, 9.17) is 14.3 Å². The molecule has 13 heteroatoms. The van der Waals surface area contributed by atoms with Gasteiger partial charge in [0.25, 0.3) is 11.7 Å². The van der Waals surface area contributed by atoms with E-state index in [0.29, 0.717) is 6.42 Å². The molecule has 2 aliphatic rings. The van der Waals surface area contributed by atoms with E-state index in [-0.39, 0.29) is 52.8 Å². The standard InChI is InChI=1S/C41H37N3O9S/c45-36-35-33(34-30(25-32(43-34)39(49)50)41(36)51-21-22-52-41)29(38(47)48)24-31(42-35)37(46)44-53-20-12-1-2-13-23-54-40(26-14-6-3-7-15-26,27-16-8-4-9-17-27)28-18-10-5-11-19-28/h3-11,14-19,24-25,43H,1-2,12-13,20-23H2,(H,44,46)(H,47,48)(H,49,50). The number of amides is 1. The summed E-state index contributed by atoms with van der Waals surface area (Å²) in [6, 6.07) is 33.8. The Morgan fingerprint density at radius 2 is 1.39 bits per heavy atom. The number of fused-ring (bicyclic) bond motifs is 4. The third-order valence-electron chi connectivity index (χ3n) is 9.51. The maximum absolute atomic E-state index is 13.8. The number of pyridine rings is 1. The van der Waals surface area contributed by atoms with Gasteiger partial charge in [0, 0.05) is 11.1 Å². The summed E-state index contributed by atoms with van der Waals surface area (Å²) in [6.07, 6.45) is 3.40. The number of rotatable bonds is 15. The first-order valence-corrected chi connectivity index (χ1v) is 18.6. The van der Waals surface area contributed by atoms with Gasteiger partial charge in [0.05, 0.1) is 35.8 Å². The summed E-state index contributed by atoms with van der Waals surface area (Å²) < 4.78 is 11.0. The maximum atomic E-state index is 13.8. The van der Waals surface area contributed by atoms with Crippen molar-refractivity contribution in [2.45, 2.75) is 36.2 Å². The Kier molecular flexibility index (Phi) is 10.7. The fraction of sp³-hybridized carbons (Fsp3) is 0.244. The molecule has 1 saturated heterocycles. The van der Waals surface area contributed by atoms with Crippen molar-refractivity contribution in [1.82, 2.24) is 15.4 Å². The minimum atomic E-state index is -2.02. The summed E-state index contributed by atoms with van der Waals surface area (Å²) in [7, 11) is 0. The number of ether oxygens (including phenoxy) is 2. The first-order chi connectivity index (χ1) is 26.3. The van der Waals surface area contributed by atoms with Gasteiger partial charge in [-0.3, -0.25) is 14.4 Å². The van der Waals surface area contributed by atoms with Crippen LogP contribution in [0.3, 0.4) is 0 Å². The number of benzene rings is 3. The second-order valence-electron chi connectivity index (χ2n) is 12.8. The van der Waals surface area contributed by atoms with Gasteiger partial charge in [0.2, 0.25) is 5.78 Å². The minimum Gasteiger partial charge on any atom is -0.478 e. The van der Waals surface area contributed by atoms with Crippen LogP contribution in [0.1, 0.15) is 89.8 Å². The molecule has 0 saturated carbocycles. The largest absolute Gasteiger partial charge is 0.478 e. The van der Waals surface area contributed by atoms with Gasteiger partial charge in [-0.2, -0.15) is 0 Å². The van der Waals surface area contributed by atoms with Gasteiger partial charge in [-0.15, -0.1) is 11.8 Å². The number of carbonyl (C=O) groups excluding carboxylic acids is 2. The molecule has 2 aromatic heterocycles. The normalized spacial score (nSPS) is 14.4. The number of Topliss-reactive ketones (excluding diaryl/α,β-unsaturated/α-hetero) is 1. The van der Waals surface area contributed by atoms with E-state index in [1.807, 2.05) is 30.0 Å². The highest BCUT2D eigenvalue weighted by atomic mass is 32.2. The lowest BCUT2D eigenvalue weighted by Crippen LogP contribution is -2.41. The number of carboxylic acids is 2. The van der Waals surface area contributed by atoms with Gasteiger partial charge in [-0.1, -0.05) is 104 Å². The number of aromatic nitrogens is 2. The Bertz CT molecular complexity index is 2070. The molecule has 3 aromatic carbocycles. The van der Waals surface area contributed by atoms with Crippen molar-refractivity contribution in [3.8, 4) is 11.3 Å². The van der Waals surface area contributed by atoms with Crippen LogP contribution in [-0.2, 0) is 24.8 Å². The molecule has 0 radical (unpaired) electrons.